The predicted molar refractivity (Wildman–Crippen MR) is 86.9 cm³/mol. The van der Waals surface area contributed by atoms with Gasteiger partial charge in [-0.2, -0.15) is 0 Å². The minimum Gasteiger partial charge on any atom is -0.411 e. The molecule has 0 radical (unpaired) electrons. The lowest BCUT2D eigenvalue weighted by Crippen LogP contribution is -2.49. The molecule has 4 nitrogen and oxygen atoms in total. The third-order valence-electron chi connectivity index (χ3n) is 4.49. The molecule has 0 N–H and O–H groups in total. The summed E-state index contributed by atoms with van der Waals surface area (Å²) in [6, 6.07) is 0. The minimum atomic E-state index is -1.91. The van der Waals surface area contributed by atoms with Crippen molar-refractivity contribution in [3.05, 3.63) is 0 Å². The van der Waals surface area contributed by atoms with Gasteiger partial charge in [0, 0.05) is 0 Å². The molecule has 0 spiro atoms. The topological polar surface area (TPSA) is 44.8 Å². The second-order valence-corrected chi connectivity index (χ2v) is 12.7. The first-order valence-corrected chi connectivity index (χ1v) is 10.8. The van der Waals surface area contributed by atoms with E-state index < -0.39 is 20.2 Å². The molecule has 0 saturated carbocycles. The Morgan fingerprint density at radius 1 is 1.29 bits per heavy atom. The van der Waals surface area contributed by atoms with E-state index >= 15 is 0 Å². The summed E-state index contributed by atoms with van der Waals surface area (Å²) in [7, 11) is -1.91. The molecular weight excluding hydrogens is 284 g/mol. The largest absolute Gasteiger partial charge is 0.411 e. The van der Waals surface area contributed by atoms with E-state index in [1.165, 1.54) is 0 Å². The van der Waals surface area contributed by atoms with E-state index in [2.05, 4.69) is 40.8 Å². The number of aldehydes is 1. The van der Waals surface area contributed by atoms with Gasteiger partial charge in [-0.1, -0.05) is 34.1 Å². The fourth-order valence-corrected chi connectivity index (χ4v) is 3.70. The molecule has 1 saturated heterocycles. The molecule has 3 atom stereocenters. The Balaban J connectivity index is 2.94. The van der Waals surface area contributed by atoms with Crippen LogP contribution in [0.3, 0.4) is 0 Å². The third-order valence-corrected chi connectivity index (χ3v) is 8.99. The Hall–Kier alpha value is -0.233. The molecule has 0 aromatic carbocycles. The average Bonchev–Trinajstić information content (AvgIpc) is 2.62. The molecule has 0 amide bonds. The summed E-state index contributed by atoms with van der Waals surface area (Å²) in [6.45, 7) is 16.9. The molecule has 1 aliphatic rings. The van der Waals surface area contributed by atoms with Crippen LogP contribution in [0.5, 0.6) is 0 Å². The molecule has 5 heteroatoms. The fourth-order valence-electron chi connectivity index (χ4n) is 2.34. The van der Waals surface area contributed by atoms with Crippen molar-refractivity contribution in [3.8, 4) is 0 Å². The number of ether oxygens (including phenoxy) is 2. The summed E-state index contributed by atoms with van der Waals surface area (Å²) in [5, 5.41) is 0.130. The smallest absolute Gasteiger partial charge is 0.192 e. The van der Waals surface area contributed by atoms with Crippen molar-refractivity contribution in [3.63, 3.8) is 0 Å². The Morgan fingerprint density at radius 2 is 1.86 bits per heavy atom. The van der Waals surface area contributed by atoms with Gasteiger partial charge < -0.3 is 18.7 Å². The van der Waals surface area contributed by atoms with Crippen molar-refractivity contribution in [1.29, 1.82) is 0 Å². The minimum absolute atomic E-state index is 0.0899. The molecule has 0 aromatic rings. The second kappa shape index (κ2) is 6.48. The summed E-state index contributed by atoms with van der Waals surface area (Å²) >= 11 is 0. The van der Waals surface area contributed by atoms with E-state index in [9.17, 15) is 4.79 Å². The van der Waals surface area contributed by atoms with Gasteiger partial charge in [0.25, 0.3) is 0 Å². The maximum Gasteiger partial charge on any atom is 0.192 e. The maximum absolute atomic E-state index is 11.3. The first-order valence-electron chi connectivity index (χ1n) is 7.92. The van der Waals surface area contributed by atoms with Gasteiger partial charge in [0.2, 0.25) is 0 Å². The summed E-state index contributed by atoms with van der Waals surface area (Å²) in [5.41, 5.74) is 0. The van der Waals surface area contributed by atoms with E-state index in [4.69, 9.17) is 13.9 Å². The molecule has 0 unspecified atom stereocenters. The van der Waals surface area contributed by atoms with Crippen LogP contribution in [0, 0.1) is 0 Å². The third kappa shape index (κ3) is 4.62. The van der Waals surface area contributed by atoms with Crippen LogP contribution in [-0.4, -0.2) is 38.7 Å². The number of carbonyl (C=O) groups excluding carboxylic acids is 1. The van der Waals surface area contributed by atoms with Gasteiger partial charge in [-0.15, -0.1) is 0 Å². The van der Waals surface area contributed by atoms with Crippen molar-refractivity contribution in [2.24, 2.45) is 0 Å². The first-order chi connectivity index (χ1) is 9.43. The van der Waals surface area contributed by atoms with Gasteiger partial charge in [-0.05, 0) is 38.4 Å². The molecule has 0 aromatic heterocycles. The lowest BCUT2D eigenvalue weighted by molar-refractivity contribution is -0.156. The zero-order valence-electron chi connectivity index (χ0n) is 14.9. The molecule has 0 bridgehead atoms. The lowest BCUT2D eigenvalue weighted by atomic mass is 10.1. The standard InChI is InChI=1S/C16H32O4Si/c1-9-10-12(20-21(7,8)15(2,3)4)14-13(11-17)18-16(5,6)19-14/h11-14H,9-10H2,1-8H3/t12-,13-,14-/m1/s1. The van der Waals surface area contributed by atoms with Gasteiger partial charge in [0.05, 0.1) is 6.10 Å². The van der Waals surface area contributed by atoms with E-state index in [0.717, 1.165) is 19.1 Å². The van der Waals surface area contributed by atoms with Crippen LogP contribution in [-0.2, 0) is 18.7 Å². The molecule has 1 heterocycles. The normalized spacial score (nSPS) is 27.6. The van der Waals surface area contributed by atoms with Crippen LogP contribution in [0.25, 0.3) is 0 Å². The Kier molecular flexibility index (Phi) is 5.81. The molecule has 1 aliphatic heterocycles. The SMILES string of the molecule is CCC[C@@H](O[Si](C)(C)C(C)(C)C)[C@H]1OC(C)(C)O[C@@H]1C=O. The van der Waals surface area contributed by atoms with Crippen molar-refractivity contribution in [1.82, 2.24) is 0 Å². The number of hydrogen-bond acceptors (Lipinski definition) is 4. The number of hydrogen-bond donors (Lipinski definition) is 0. The lowest BCUT2D eigenvalue weighted by Gasteiger charge is -2.41. The van der Waals surface area contributed by atoms with E-state index in [1.54, 1.807) is 0 Å². The highest BCUT2D eigenvalue weighted by Gasteiger charge is 2.48. The quantitative estimate of drug-likeness (QED) is 0.551. The van der Waals surface area contributed by atoms with Crippen LogP contribution in [0.4, 0.5) is 0 Å². The number of carbonyl (C=O) groups is 1. The van der Waals surface area contributed by atoms with Crippen molar-refractivity contribution in [2.45, 2.75) is 96.6 Å². The number of rotatable bonds is 6. The molecular formula is C16H32O4Si. The Morgan fingerprint density at radius 3 is 2.29 bits per heavy atom. The zero-order valence-corrected chi connectivity index (χ0v) is 15.9. The molecule has 0 aliphatic carbocycles. The Labute approximate surface area is 130 Å². The van der Waals surface area contributed by atoms with Crippen molar-refractivity contribution < 1.29 is 18.7 Å². The summed E-state index contributed by atoms with van der Waals surface area (Å²) in [4.78, 5) is 11.3. The predicted octanol–water partition coefficient (Wildman–Crippen LogP) is 3.90. The van der Waals surface area contributed by atoms with Crippen molar-refractivity contribution in [2.75, 3.05) is 0 Å². The van der Waals surface area contributed by atoms with Gasteiger partial charge in [0.1, 0.15) is 12.2 Å². The summed E-state index contributed by atoms with van der Waals surface area (Å²) in [6.07, 6.45) is 1.77. The van der Waals surface area contributed by atoms with E-state index in [1.807, 2.05) is 13.8 Å². The van der Waals surface area contributed by atoms with Gasteiger partial charge in [-0.25, -0.2) is 0 Å². The van der Waals surface area contributed by atoms with Crippen LogP contribution >= 0.6 is 0 Å². The van der Waals surface area contributed by atoms with Gasteiger partial charge >= 0.3 is 0 Å². The molecule has 21 heavy (non-hydrogen) atoms. The van der Waals surface area contributed by atoms with E-state index in [0.29, 0.717) is 0 Å². The summed E-state index contributed by atoms with van der Waals surface area (Å²) in [5.74, 6) is -0.723. The molecule has 124 valence electrons. The molecule has 1 rings (SSSR count). The van der Waals surface area contributed by atoms with Crippen LogP contribution in [0.15, 0.2) is 0 Å². The van der Waals surface area contributed by atoms with Crippen LogP contribution in [0.2, 0.25) is 18.1 Å². The van der Waals surface area contributed by atoms with Crippen LogP contribution < -0.4 is 0 Å². The van der Waals surface area contributed by atoms with Gasteiger partial charge in [0.15, 0.2) is 20.4 Å². The highest BCUT2D eigenvalue weighted by Crippen LogP contribution is 2.40. The van der Waals surface area contributed by atoms with Crippen molar-refractivity contribution >= 4 is 14.6 Å². The first kappa shape index (κ1) is 18.8. The highest BCUT2D eigenvalue weighted by atomic mass is 28.4. The maximum atomic E-state index is 11.3. The monoisotopic (exact) mass is 316 g/mol. The average molecular weight is 317 g/mol. The second-order valence-electron chi connectivity index (χ2n) is 7.91. The Bertz CT molecular complexity index is 360. The fraction of sp³-hybridized carbons (Fsp3) is 0.938. The van der Waals surface area contributed by atoms with E-state index in [-0.39, 0.29) is 17.2 Å². The highest BCUT2D eigenvalue weighted by molar-refractivity contribution is 6.74. The van der Waals surface area contributed by atoms with Crippen LogP contribution in [0.1, 0.15) is 54.4 Å². The molecule has 1 fully saturated rings. The van der Waals surface area contributed by atoms with Gasteiger partial charge in [-0.3, -0.25) is 0 Å². The summed E-state index contributed by atoms with van der Waals surface area (Å²) < 4.78 is 18.2. The zero-order chi connectivity index (χ0) is 16.5.